The molecule has 0 atom stereocenters. The molecule has 1 N–H and O–H groups in total. The highest BCUT2D eigenvalue weighted by atomic mass is 16.1. The molecule has 1 aliphatic carbocycles. The van der Waals surface area contributed by atoms with Crippen molar-refractivity contribution in [1.82, 2.24) is 14.9 Å². The number of nitrogens with one attached hydrogen (secondary N) is 1. The highest BCUT2D eigenvalue weighted by Crippen LogP contribution is 2.17. The van der Waals surface area contributed by atoms with Crippen molar-refractivity contribution in [3.05, 3.63) is 40.3 Å². The molecule has 0 unspecified atom stereocenters. The standard InChI is InChI=1S/C17H20N4O/c18-11-13-6-7-15-16(10-13)21(17(22)12-20-15)9-8-19-14-4-2-1-3-5-14/h6-7,10,12,14,19H,1-5,8-9H2. The summed E-state index contributed by atoms with van der Waals surface area (Å²) in [6, 6.07) is 7.95. The Kier molecular flexibility index (Phi) is 4.50. The smallest absolute Gasteiger partial charge is 0.269 e. The largest absolute Gasteiger partial charge is 0.312 e. The molecule has 0 spiro atoms. The second-order valence-electron chi connectivity index (χ2n) is 5.85. The molecular formula is C17H20N4O. The molecule has 1 fully saturated rings. The van der Waals surface area contributed by atoms with Crippen LogP contribution >= 0.6 is 0 Å². The summed E-state index contributed by atoms with van der Waals surface area (Å²) >= 11 is 0. The average Bonchev–Trinajstić information content (AvgIpc) is 2.57. The lowest BCUT2D eigenvalue weighted by atomic mass is 9.95. The Labute approximate surface area is 129 Å². The summed E-state index contributed by atoms with van der Waals surface area (Å²) in [6.45, 7) is 1.36. The van der Waals surface area contributed by atoms with Gasteiger partial charge >= 0.3 is 0 Å². The molecule has 1 aliphatic rings. The molecule has 0 aliphatic heterocycles. The lowest BCUT2D eigenvalue weighted by Crippen LogP contribution is -2.35. The third kappa shape index (κ3) is 3.18. The quantitative estimate of drug-likeness (QED) is 0.939. The molecule has 2 aromatic rings. The molecule has 5 nitrogen and oxygen atoms in total. The number of nitriles is 1. The van der Waals surface area contributed by atoms with Crippen LogP contribution in [0.4, 0.5) is 0 Å². The van der Waals surface area contributed by atoms with Gasteiger partial charge in [-0.2, -0.15) is 5.26 Å². The van der Waals surface area contributed by atoms with Crippen molar-refractivity contribution in [3.8, 4) is 6.07 Å². The second kappa shape index (κ2) is 6.71. The number of hydrogen-bond acceptors (Lipinski definition) is 4. The molecule has 5 heteroatoms. The summed E-state index contributed by atoms with van der Waals surface area (Å²) < 4.78 is 1.71. The highest BCUT2D eigenvalue weighted by Gasteiger charge is 2.12. The van der Waals surface area contributed by atoms with Crippen molar-refractivity contribution < 1.29 is 0 Å². The van der Waals surface area contributed by atoms with Crippen LogP contribution in [0, 0.1) is 11.3 Å². The van der Waals surface area contributed by atoms with Crippen molar-refractivity contribution in [3.63, 3.8) is 0 Å². The molecule has 1 saturated carbocycles. The van der Waals surface area contributed by atoms with Crippen LogP contribution in [0.2, 0.25) is 0 Å². The average molecular weight is 296 g/mol. The van der Waals surface area contributed by atoms with E-state index >= 15 is 0 Å². The van der Waals surface area contributed by atoms with Gasteiger partial charge < -0.3 is 9.88 Å². The maximum Gasteiger partial charge on any atom is 0.269 e. The van der Waals surface area contributed by atoms with E-state index in [2.05, 4.69) is 16.4 Å². The first-order valence-corrected chi connectivity index (χ1v) is 7.91. The zero-order valence-corrected chi connectivity index (χ0v) is 12.6. The fourth-order valence-corrected chi connectivity index (χ4v) is 3.15. The molecule has 1 heterocycles. The van der Waals surface area contributed by atoms with Crippen LogP contribution in [0.5, 0.6) is 0 Å². The van der Waals surface area contributed by atoms with Gasteiger partial charge in [0, 0.05) is 19.1 Å². The van der Waals surface area contributed by atoms with Gasteiger partial charge in [-0.25, -0.2) is 4.98 Å². The highest BCUT2D eigenvalue weighted by molar-refractivity contribution is 5.76. The SMILES string of the molecule is N#Cc1ccc2ncc(=O)n(CCNC3CCCCC3)c2c1. The fourth-order valence-electron chi connectivity index (χ4n) is 3.15. The van der Waals surface area contributed by atoms with Gasteiger partial charge in [0.15, 0.2) is 0 Å². The van der Waals surface area contributed by atoms with E-state index in [-0.39, 0.29) is 5.56 Å². The summed E-state index contributed by atoms with van der Waals surface area (Å²) in [6.07, 6.45) is 7.73. The number of hydrogen-bond donors (Lipinski definition) is 1. The zero-order valence-electron chi connectivity index (χ0n) is 12.6. The predicted octanol–water partition coefficient (Wildman–Crippen LogP) is 2.19. The monoisotopic (exact) mass is 296 g/mol. The van der Waals surface area contributed by atoms with Crippen LogP contribution < -0.4 is 10.9 Å². The molecule has 0 amide bonds. The zero-order chi connectivity index (χ0) is 15.4. The maximum atomic E-state index is 12.1. The number of benzene rings is 1. The minimum atomic E-state index is -0.118. The third-order valence-electron chi connectivity index (χ3n) is 4.35. The molecule has 1 aromatic heterocycles. The van der Waals surface area contributed by atoms with Crippen molar-refractivity contribution in [2.45, 2.75) is 44.7 Å². The van der Waals surface area contributed by atoms with E-state index < -0.39 is 0 Å². The summed E-state index contributed by atoms with van der Waals surface area (Å²) in [5, 5.41) is 12.6. The van der Waals surface area contributed by atoms with Gasteiger partial charge in [-0.1, -0.05) is 19.3 Å². The Hall–Kier alpha value is -2.19. The third-order valence-corrected chi connectivity index (χ3v) is 4.35. The Morgan fingerprint density at radius 1 is 1.32 bits per heavy atom. The summed E-state index contributed by atoms with van der Waals surface area (Å²) in [7, 11) is 0. The van der Waals surface area contributed by atoms with E-state index in [0.717, 1.165) is 17.6 Å². The van der Waals surface area contributed by atoms with Gasteiger partial charge in [0.05, 0.1) is 28.9 Å². The van der Waals surface area contributed by atoms with Crippen molar-refractivity contribution >= 4 is 11.0 Å². The normalized spacial score (nSPS) is 15.8. The molecule has 0 radical (unpaired) electrons. The van der Waals surface area contributed by atoms with Gasteiger partial charge in [-0.15, -0.1) is 0 Å². The van der Waals surface area contributed by atoms with Gasteiger partial charge in [-0.3, -0.25) is 4.79 Å². The fraction of sp³-hybridized carbons (Fsp3) is 0.471. The number of rotatable bonds is 4. The minimum Gasteiger partial charge on any atom is -0.312 e. The topological polar surface area (TPSA) is 70.7 Å². The molecule has 1 aromatic carbocycles. The van der Waals surface area contributed by atoms with Crippen LogP contribution in [0.15, 0.2) is 29.2 Å². The van der Waals surface area contributed by atoms with Gasteiger partial charge in [0.2, 0.25) is 0 Å². The van der Waals surface area contributed by atoms with Crippen LogP contribution in [-0.2, 0) is 6.54 Å². The van der Waals surface area contributed by atoms with Crippen LogP contribution in [0.3, 0.4) is 0 Å². The number of nitrogens with zero attached hydrogens (tertiary/aromatic N) is 3. The molecule has 22 heavy (non-hydrogen) atoms. The maximum absolute atomic E-state index is 12.1. The van der Waals surface area contributed by atoms with E-state index in [9.17, 15) is 4.79 Å². The van der Waals surface area contributed by atoms with Crippen molar-refractivity contribution in [2.75, 3.05) is 6.54 Å². The van der Waals surface area contributed by atoms with Gasteiger partial charge in [-0.05, 0) is 31.0 Å². The lowest BCUT2D eigenvalue weighted by molar-refractivity contribution is 0.368. The Bertz CT molecular complexity index is 753. The molecular weight excluding hydrogens is 276 g/mol. The molecule has 3 rings (SSSR count). The van der Waals surface area contributed by atoms with Gasteiger partial charge in [0.25, 0.3) is 5.56 Å². The lowest BCUT2D eigenvalue weighted by Gasteiger charge is -2.23. The first-order valence-electron chi connectivity index (χ1n) is 7.91. The van der Waals surface area contributed by atoms with Crippen LogP contribution in [0.25, 0.3) is 11.0 Å². The van der Waals surface area contributed by atoms with E-state index in [0.29, 0.717) is 18.2 Å². The van der Waals surface area contributed by atoms with E-state index in [1.165, 1.54) is 38.3 Å². The Morgan fingerprint density at radius 3 is 2.91 bits per heavy atom. The molecule has 0 saturated heterocycles. The van der Waals surface area contributed by atoms with Crippen LogP contribution in [0.1, 0.15) is 37.7 Å². The summed E-state index contributed by atoms with van der Waals surface area (Å²) in [5.41, 5.74) is 1.91. The molecule has 0 bridgehead atoms. The predicted molar refractivity (Wildman–Crippen MR) is 85.6 cm³/mol. The number of aromatic nitrogens is 2. The summed E-state index contributed by atoms with van der Waals surface area (Å²) in [5.74, 6) is 0. The first kappa shape index (κ1) is 14.7. The number of fused-ring (bicyclic) bond motifs is 1. The van der Waals surface area contributed by atoms with E-state index in [4.69, 9.17) is 5.26 Å². The van der Waals surface area contributed by atoms with Crippen molar-refractivity contribution in [2.24, 2.45) is 0 Å². The van der Waals surface area contributed by atoms with Gasteiger partial charge in [0.1, 0.15) is 0 Å². The first-order chi connectivity index (χ1) is 10.8. The summed E-state index contributed by atoms with van der Waals surface area (Å²) in [4.78, 5) is 16.3. The van der Waals surface area contributed by atoms with E-state index in [1.807, 2.05) is 0 Å². The van der Waals surface area contributed by atoms with Crippen LogP contribution in [-0.4, -0.2) is 22.1 Å². The van der Waals surface area contributed by atoms with Crippen molar-refractivity contribution in [1.29, 1.82) is 5.26 Å². The minimum absolute atomic E-state index is 0.118. The molecule has 114 valence electrons. The second-order valence-corrected chi connectivity index (χ2v) is 5.85. The Morgan fingerprint density at radius 2 is 2.14 bits per heavy atom. The van der Waals surface area contributed by atoms with E-state index in [1.54, 1.807) is 22.8 Å². The Balaban J connectivity index is 1.78.